The summed E-state index contributed by atoms with van der Waals surface area (Å²) >= 11 is 0. The van der Waals surface area contributed by atoms with Crippen molar-refractivity contribution < 1.29 is 14.6 Å². The van der Waals surface area contributed by atoms with Gasteiger partial charge in [0.1, 0.15) is 0 Å². The van der Waals surface area contributed by atoms with Gasteiger partial charge in [0, 0.05) is 6.54 Å². The minimum Gasteiger partial charge on any atom is -0.490 e. The highest BCUT2D eigenvalue weighted by atomic mass is 16.5. The van der Waals surface area contributed by atoms with E-state index >= 15 is 0 Å². The highest BCUT2D eigenvalue weighted by Crippen LogP contribution is 2.31. The molecular formula is C18H29NO3. The summed E-state index contributed by atoms with van der Waals surface area (Å²) in [6, 6.07) is 5.74. The number of aliphatic hydroxyl groups is 1. The lowest BCUT2D eigenvalue weighted by atomic mass is 9.98. The van der Waals surface area contributed by atoms with Crippen LogP contribution in [0.15, 0.2) is 18.2 Å². The van der Waals surface area contributed by atoms with Crippen molar-refractivity contribution in [1.82, 2.24) is 4.90 Å². The first-order valence-electron chi connectivity index (χ1n) is 8.44. The topological polar surface area (TPSA) is 41.9 Å². The molecule has 1 fully saturated rings. The smallest absolute Gasteiger partial charge is 0.161 e. The van der Waals surface area contributed by atoms with Crippen molar-refractivity contribution in [1.29, 1.82) is 0 Å². The predicted molar refractivity (Wildman–Crippen MR) is 88.6 cm³/mol. The van der Waals surface area contributed by atoms with Gasteiger partial charge in [-0.25, -0.2) is 0 Å². The van der Waals surface area contributed by atoms with Crippen LogP contribution in [0.25, 0.3) is 0 Å². The van der Waals surface area contributed by atoms with Crippen molar-refractivity contribution in [2.75, 3.05) is 32.8 Å². The Bertz CT molecular complexity index is 456. The van der Waals surface area contributed by atoms with E-state index in [4.69, 9.17) is 9.47 Å². The van der Waals surface area contributed by atoms with Crippen LogP contribution in [-0.4, -0.2) is 42.9 Å². The molecule has 0 radical (unpaired) electrons. The molecule has 1 unspecified atom stereocenters. The number of benzene rings is 1. The maximum absolute atomic E-state index is 10.5. The average Bonchev–Trinajstić information content (AvgIpc) is 2.51. The van der Waals surface area contributed by atoms with Gasteiger partial charge in [-0.15, -0.1) is 0 Å². The van der Waals surface area contributed by atoms with E-state index < -0.39 is 6.10 Å². The number of nitrogens with zero attached hydrogens (tertiary/aromatic N) is 1. The van der Waals surface area contributed by atoms with Gasteiger partial charge in [-0.2, -0.15) is 0 Å². The molecule has 2 rings (SSSR count). The van der Waals surface area contributed by atoms with Gasteiger partial charge in [0.15, 0.2) is 11.5 Å². The van der Waals surface area contributed by atoms with Crippen LogP contribution in [-0.2, 0) is 0 Å². The van der Waals surface area contributed by atoms with Gasteiger partial charge in [0.2, 0.25) is 0 Å². The van der Waals surface area contributed by atoms with E-state index in [0.717, 1.165) is 30.3 Å². The maximum atomic E-state index is 10.5. The number of likely N-dealkylation sites (tertiary alicyclic amines) is 1. The zero-order valence-corrected chi connectivity index (χ0v) is 14.0. The van der Waals surface area contributed by atoms with Crippen molar-refractivity contribution in [3.05, 3.63) is 23.8 Å². The first-order chi connectivity index (χ1) is 10.6. The van der Waals surface area contributed by atoms with Crippen LogP contribution < -0.4 is 9.47 Å². The summed E-state index contributed by atoms with van der Waals surface area (Å²) in [5.74, 6) is 2.27. The summed E-state index contributed by atoms with van der Waals surface area (Å²) in [7, 11) is 0. The first kappa shape index (κ1) is 17.1. The van der Waals surface area contributed by atoms with E-state index in [1.54, 1.807) is 0 Å². The van der Waals surface area contributed by atoms with Crippen LogP contribution in [0.3, 0.4) is 0 Å². The maximum Gasteiger partial charge on any atom is 0.161 e. The minimum atomic E-state index is -0.483. The van der Waals surface area contributed by atoms with Crippen molar-refractivity contribution in [2.24, 2.45) is 5.92 Å². The van der Waals surface area contributed by atoms with Crippen LogP contribution in [0.5, 0.6) is 11.5 Å². The Labute approximate surface area is 134 Å². The monoisotopic (exact) mass is 307 g/mol. The fourth-order valence-corrected chi connectivity index (χ4v) is 2.87. The number of ether oxygens (including phenoxy) is 2. The zero-order chi connectivity index (χ0) is 15.9. The molecule has 1 N–H and O–H groups in total. The molecule has 1 atom stereocenters. The van der Waals surface area contributed by atoms with E-state index in [1.165, 1.54) is 12.8 Å². The molecular weight excluding hydrogens is 278 g/mol. The molecule has 1 aliphatic heterocycles. The SMILES string of the molecule is CCOc1ccc(C(O)CN2CCC(C)CC2)cc1OCC. The number of aliphatic hydroxyl groups excluding tert-OH is 1. The van der Waals surface area contributed by atoms with Gasteiger partial charge in [-0.3, -0.25) is 0 Å². The van der Waals surface area contributed by atoms with E-state index in [1.807, 2.05) is 32.0 Å². The second-order valence-electron chi connectivity index (χ2n) is 6.07. The van der Waals surface area contributed by atoms with Crippen molar-refractivity contribution in [3.63, 3.8) is 0 Å². The number of piperidine rings is 1. The van der Waals surface area contributed by atoms with Gasteiger partial charge < -0.3 is 19.5 Å². The average molecular weight is 307 g/mol. The molecule has 0 aromatic heterocycles. The molecule has 1 aromatic rings. The third-order valence-electron chi connectivity index (χ3n) is 4.26. The number of hydrogen-bond donors (Lipinski definition) is 1. The lowest BCUT2D eigenvalue weighted by Crippen LogP contribution is -2.35. The lowest BCUT2D eigenvalue weighted by molar-refractivity contribution is 0.0913. The number of hydrogen-bond acceptors (Lipinski definition) is 4. The van der Waals surface area contributed by atoms with Crippen molar-refractivity contribution in [3.8, 4) is 11.5 Å². The van der Waals surface area contributed by atoms with E-state index in [-0.39, 0.29) is 0 Å². The molecule has 1 saturated heterocycles. The van der Waals surface area contributed by atoms with Crippen LogP contribution in [0.2, 0.25) is 0 Å². The van der Waals surface area contributed by atoms with Crippen molar-refractivity contribution in [2.45, 2.75) is 39.7 Å². The van der Waals surface area contributed by atoms with Crippen LogP contribution in [0, 0.1) is 5.92 Å². The second kappa shape index (κ2) is 8.39. The Hall–Kier alpha value is -1.26. The third kappa shape index (κ3) is 4.62. The molecule has 1 aliphatic rings. The Morgan fingerprint density at radius 1 is 1.14 bits per heavy atom. The summed E-state index contributed by atoms with van der Waals surface area (Å²) in [4.78, 5) is 2.35. The Balaban J connectivity index is 2.02. The summed E-state index contributed by atoms with van der Waals surface area (Å²) in [6.45, 7) is 10.2. The highest BCUT2D eigenvalue weighted by Gasteiger charge is 2.20. The van der Waals surface area contributed by atoms with Gasteiger partial charge in [-0.05, 0) is 63.4 Å². The van der Waals surface area contributed by atoms with Crippen LogP contribution in [0.1, 0.15) is 45.3 Å². The molecule has 4 nitrogen and oxygen atoms in total. The normalized spacial score (nSPS) is 18.2. The fraction of sp³-hybridized carbons (Fsp3) is 0.667. The largest absolute Gasteiger partial charge is 0.490 e. The van der Waals surface area contributed by atoms with Gasteiger partial charge in [0.05, 0.1) is 19.3 Å². The quantitative estimate of drug-likeness (QED) is 0.839. The minimum absolute atomic E-state index is 0.483. The standard InChI is InChI=1S/C18H29NO3/c1-4-21-17-7-6-15(12-18(17)22-5-2)16(20)13-19-10-8-14(3)9-11-19/h6-7,12,14,16,20H,4-5,8-11,13H2,1-3H3. The molecule has 0 saturated carbocycles. The van der Waals surface area contributed by atoms with Crippen molar-refractivity contribution >= 4 is 0 Å². The predicted octanol–water partition coefficient (Wildman–Crippen LogP) is 3.25. The van der Waals surface area contributed by atoms with Crippen LogP contribution >= 0.6 is 0 Å². The second-order valence-corrected chi connectivity index (χ2v) is 6.07. The fourth-order valence-electron chi connectivity index (χ4n) is 2.87. The zero-order valence-electron chi connectivity index (χ0n) is 14.0. The Kier molecular flexibility index (Phi) is 6.52. The Morgan fingerprint density at radius 2 is 1.77 bits per heavy atom. The van der Waals surface area contributed by atoms with E-state index in [9.17, 15) is 5.11 Å². The number of rotatable bonds is 7. The molecule has 1 heterocycles. The molecule has 0 bridgehead atoms. The van der Waals surface area contributed by atoms with Gasteiger partial charge >= 0.3 is 0 Å². The molecule has 0 spiro atoms. The van der Waals surface area contributed by atoms with E-state index in [2.05, 4.69) is 11.8 Å². The summed E-state index contributed by atoms with van der Waals surface area (Å²) in [5, 5.41) is 10.5. The first-order valence-corrected chi connectivity index (χ1v) is 8.44. The van der Waals surface area contributed by atoms with Crippen LogP contribution in [0.4, 0.5) is 0 Å². The Morgan fingerprint density at radius 3 is 2.41 bits per heavy atom. The third-order valence-corrected chi connectivity index (χ3v) is 4.26. The molecule has 1 aromatic carbocycles. The lowest BCUT2D eigenvalue weighted by Gasteiger charge is -2.31. The molecule has 22 heavy (non-hydrogen) atoms. The summed E-state index contributed by atoms with van der Waals surface area (Å²) < 4.78 is 11.2. The van der Waals surface area contributed by atoms with Gasteiger partial charge in [0.25, 0.3) is 0 Å². The summed E-state index contributed by atoms with van der Waals surface area (Å²) in [5.41, 5.74) is 0.894. The molecule has 4 heteroatoms. The highest BCUT2D eigenvalue weighted by molar-refractivity contribution is 5.43. The van der Waals surface area contributed by atoms with E-state index in [0.29, 0.717) is 25.5 Å². The van der Waals surface area contributed by atoms with Gasteiger partial charge in [-0.1, -0.05) is 13.0 Å². The summed E-state index contributed by atoms with van der Waals surface area (Å²) in [6.07, 6.45) is 1.96. The molecule has 124 valence electrons. The molecule has 0 amide bonds. The molecule has 0 aliphatic carbocycles. The number of β-amino-alcohol motifs (C(OH)–C–C–N with tert-alkyl or cyclic N) is 1.